The Balaban J connectivity index is 4.88. The van der Waals surface area contributed by atoms with Crippen LogP contribution in [0.3, 0.4) is 0 Å². The molecule has 6 N–H and O–H groups in total. The fourth-order valence-electron chi connectivity index (χ4n) is 11.6. The third-order valence-corrected chi connectivity index (χ3v) is 17.5. The number of carbonyl (C=O) groups is 2. The van der Waals surface area contributed by atoms with Gasteiger partial charge >= 0.3 is 0 Å². The lowest BCUT2D eigenvalue weighted by Gasteiger charge is -2.27. The van der Waals surface area contributed by atoms with E-state index in [0.29, 0.717) is 105 Å². The van der Waals surface area contributed by atoms with Crippen molar-refractivity contribution in [1.29, 1.82) is 0 Å². The number of nitrogens with one attached hydrogen (secondary N) is 2. The molecule has 0 heterocycles. The highest BCUT2D eigenvalue weighted by Crippen LogP contribution is 2.15. The minimum Gasteiger partial charge on any atom is -0.389 e. The monoisotopic (exact) mass is 1290 g/mol. The summed E-state index contributed by atoms with van der Waals surface area (Å²) in [5.41, 5.74) is 0. The molecule has 0 radical (unpaired) electrons. The largest absolute Gasteiger partial charge is 0.389 e. The molecule has 0 saturated heterocycles. The van der Waals surface area contributed by atoms with Gasteiger partial charge in [0.15, 0.2) is 0 Å². The molecule has 0 bridgehead atoms. The molecular weight excluding hydrogens is 1130 g/mol. The Morgan fingerprint density at radius 1 is 0.300 bits per heavy atom. The van der Waals surface area contributed by atoms with Crippen LogP contribution < -0.4 is 10.6 Å². The first-order valence-electron chi connectivity index (χ1n) is 38.3. The second-order valence-corrected chi connectivity index (χ2v) is 27.0. The van der Waals surface area contributed by atoms with Crippen molar-refractivity contribution in [1.82, 2.24) is 30.2 Å². The molecule has 0 rings (SSSR count). The van der Waals surface area contributed by atoms with Crippen LogP contribution in [0.15, 0.2) is 0 Å². The van der Waals surface area contributed by atoms with Crippen molar-refractivity contribution in [3.63, 3.8) is 0 Å². The molecule has 0 fully saturated rings. The molecule has 0 aromatic heterocycles. The van der Waals surface area contributed by atoms with E-state index in [-0.39, 0.29) is 38.2 Å². The minimum atomic E-state index is -0.707. The number of likely N-dealkylation sites (N-methyl/N-ethyl adjacent to an activating group) is 2. The molecule has 0 aromatic rings. The molecule has 4 atom stereocenters. The van der Waals surface area contributed by atoms with E-state index in [1.165, 1.54) is 205 Å². The van der Waals surface area contributed by atoms with E-state index in [0.717, 1.165) is 64.5 Å². The van der Waals surface area contributed by atoms with Gasteiger partial charge in [0.05, 0.1) is 50.8 Å². The van der Waals surface area contributed by atoms with Crippen LogP contribution in [-0.4, -0.2) is 222 Å². The molecule has 0 aliphatic heterocycles. The minimum absolute atomic E-state index is 0.0454. The Morgan fingerprint density at radius 3 is 0.711 bits per heavy atom. The lowest BCUT2D eigenvalue weighted by molar-refractivity contribution is -0.122. The molecule has 538 valence electrons. The summed E-state index contributed by atoms with van der Waals surface area (Å²) < 4.78 is 23.6. The van der Waals surface area contributed by atoms with Gasteiger partial charge in [-0.1, -0.05) is 259 Å². The lowest BCUT2D eigenvalue weighted by atomic mass is 10.1. The highest BCUT2D eigenvalue weighted by atomic mass is 16.5. The molecule has 0 saturated carbocycles. The lowest BCUT2D eigenvalue weighted by Crippen LogP contribution is -2.44. The van der Waals surface area contributed by atoms with E-state index in [4.69, 9.17) is 18.9 Å². The van der Waals surface area contributed by atoms with Gasteiger partial charge in [-0.3, -0.25) is 19.4 Å². The zero-order valence-corrected chi connectivity index (χ0v) is 60.2. The van der Waals surface area contributed by atoms with Crippen molar-refractivity contribution in [2.24, 2.45) is 0 Å². The first kappa shape index (κ1) is 88.5. The fraction of sp³-hybridized carbons (Fsp3) is 0.973. The zero-order chi connectivity index (χ0) is 65.9. The Morgan fingerprint density at radius 2 is 0.500 bits per heavy atom. The van der Waals surface area contributed by atoms with Crippen molar-refractivity contribution in [3.05, 3.63) is 0 Å². The van der Waals surface area contributed by atoms with Crippen LogP contribution in [0.25, 0.3) is 0 Å². The van der Waals surface area contributed by atoms with E-state index >= 15 is 0 Å². The van der Waals surface area contributed by atoms with Crippen molar-refractivity contribution >= 4 is 11.8 Å². The van der Waals surface area contributed by atoms with Crippen LogP contribution in [0.1, 0.15) is 297 Å². The van der Waals surface area contributed by atoms with Crippen LogP contribution in [-0.2, 0) is 28.5 Å². The quantitative estimate of drug-likeness (QED) is 0.0316. The number of amides is 2. The third kappa shape index (κ3) is 66.5. The fourth-order valence-corrected chi connectivity index (χ4v) is 11.6. The number of aliphatic hydroxyl groups excluding tert-OH is 4. The number of ether oxygens (including phenoxy) is 4. The van der Waals surface area contributed by atoms with Crippen LogP contribution in [0.4, 0.5) is 0 Å². The second kappa shape index (κ2) is 70.3. The van der Waals surface area contributed by atoms with Gasteiger partial charge < -0.3 is 59.8 Å². The summed E-state index contributed by atoms with van der Waals surface area (Å²) in [6.45, 7) is 18.3. The van der Waals surface area contributed by atoms with Gasteiger partial charge in [-0.15, -0.1) is 0 Å². The normalized spacial score (nSPS) is 13.4. The van der Waals surface area contributed by atoms with Gasteiger partial charge in [-0.05, 0) is 39.8 Å². The average molecular weight is 1290 g/mol. The number of unbranched alkanes of at least 4 members (excludes halogenated alkanes) is 36. The summed E-state index contributed by atoms with van der Waals surface area (Å²) in [6, 6.07) is 0. The summed E-state index contributed by atoms with van der Waals surface area (Å²) in [5.74, 6) is -0.0907. The molecule has 2 amide bonds. The predicted molar refractivity (Wildman–Crippen MR) is 378 cm³/mol. The van der Waals surface area contributed by atoms with Gasteiger partial charge in [0.1, 0.15) is 0 Å². The number of hydrogen-bond acceptors (Lipinski definition) is 14. The first-order valence-corrected chi connectivity index (χ1v) is 38.3. The Hall–Kier alpha value is -1.54. The highest BCUT2D eigenvalue weighted by molar-refractivity contribution is 5.76. The zero-order valence-electron chi connectivity index (χ0n) is 60.2. The SMILES string of the molecule is CCCCCCCCCCCCOCC(O)CN(CCNC(=O)CCN(C)CCN(C)CCC(=O)NCCN(CC(O)COCCCCCCCCCCCC)CC(O)COCCCCCCCCCCCC)CC(O)COCCCCCCCCCCCC. The molecular formula is C74H152N6O10. The maximum absolute atomic E-state index is 13.1. The van der Waals surface area contributed by atoms with E-state index < -0.39 is 24.4 Å². The molecule has 90 heavy (non-hydrogen) atoms. The number of aliphatic hydroxyl groups is 4. The third-order valence-electron chi connectivity index (χ3n) is 17.5. The summed E-state index contributed by atoms with van der Waals surface area (Å²) in [7, 11) is 4.01. The molecule has 0 spiro atoms. The topological polar surface area (TPSA) is 189 Å². The summed E-state index contributed by atoms with van der Waals surface area (Å²) in [6.07, 6.45) is 48.4. The van der Waals surface area contributed by atoms with Gasteiger partial charge in [0, 0.05) is 118 Å². The Bertz CT molecular complexity index is 1290. The molecule has 0 aliphatic carbocycles. The van der Waals surface area contributed by atoms with Crippen LogP contribution in [0, 0.1) is 0 Å². The summed E-state index contributed by atoms with van der Waals surface area (Å²) >= 11 is 0. The number of nitrogens with zero attached hydrogens (tertiary/aromatic N) is 4. The van der Waals surface area contributed by atoms with Crippen LogP contribution in [0.5, 0.6) is 0 Å². The maximum atomic E-state index is 13.1. The van der Waals surface area contributed by atoms with Crippen LogP contribution >= 0.6 is 0 Å². The predicted octanol–water partition coefficient (Wildman–Crippen LogP) is 13.7. The van der Waals surface area contributed by atoms with Gasteiger partial charge in [0.25, 0.3) is 0 Å². The number of rotatable bonds is 75. The van der Waals surface area contributed by atoms with E-state index in [9.17, 15) is 30.0 Å². The Labute approximate surface area is 555 Å². The molecule has 4 unspecified atom stereocenters. The first-order chi connectivity index (χ1) is 43.9. The van der Waals surface area contributed by atoms with E-state index in [2.05, 4.69) is 48.1 Å². The van der Waals surface area contributed by atoms with Crippen molar-refractivity contribution in [3.8, 4) is 0 Å². The van der Waals surface area contributed by atoms with Gasteiger partial charge in [-0.25, -0.2) is 0 Å². The smallest absolute Gasteiger partial charge is 0.221 e. The molecule has 16 heteroatoms. The van der Waals surface area contributed by atoms with Gasteiger partial charge in [0.2, 0.25) is 11.8 Å². The average Bonchev–Trinajstić information content (AvgIpc) is 3.67. The van der Waals surface area contributed by atoms with Crippen molar-refractivity contribution < 1.29 is 49.0 Å². The Kier molecular flexibility index (Phi) is 69.1. The molecule has 0 aliphatic rings. The van der Waals surface area contributed by atoms with Crippen molar-refractivity contribution in [2.45, 2.75) is 322 Å². The van der Waals surface area contributed by atoms with Gasteiger partial charge in [-0.2, -0.15) is 0 Å². The number of carbonyl (C=O) groups excluding carboxylic acids is 2. The molecule has 16 nitrogen and oxygen atoms in total. The highest BCUT2D eigenvalue weighted by Gasteiger charge is 2.19. The van der Waals surface area contributed by atoms with E-state index in [1.54, 1.807) is 0 Å². The summed E-state index contributed by atoms with van der Waals surface area (Å²) in [4.78, 5) is 34.4. The summed E-state index contributed by atoms with van der Waals surface area (Å²) in [5, 5.41) is 50.1. The second-order valence-electron chi connectivity index (χ2n) is 27.0. The molecule has 0 aromatic carbocycles. The van der Waals surface area contributed by atoms with Crippen molar-refractivity contribution in [2.75, 3.05) is 145 Å². The maximum Gasteiger partial charge on any atom is 0.221 e. The number of hydrogen-bond donors (Lipinski definition) is 6. The van der Waals surface area contributed by atoms with E-state index in [1.807, 2.05) is 23.9 Å². The standard InChI is InChI=1S/C74H152N6O10/c1-7-11-15-19-23-27-31-35-39-43-57-87-65-69(81)61-79(62-70(82)66-88-58-44-40-36-32-28-24-20-16-12-8-2)53-49-75-73(85)47-51-77(5)55-56-78(6)52-48-74(86)76-50-54-80(63-71(83)67-89-59-45-41-37-33-29-25-21-17-13-9-3)64-72(84)68-90-60-46-42-38-34-30-26-22-18-14-10-4/h69-72,81-84H,7-68H2,1-6H3,(H,75,85)(H,76,86). The van der Waals surface area contributed by atoms with Crippen LogP contribution in [0.2, 0.25) is 0 Å².